The Hall–Kier alpha value is -1.76. The van der Waals surface area contributed by atoms with E-state index in [1.165, 1.54) is 60.8 Å². The molecule has 0 atom stereocenters. The van der Waals surface area contributed by atoms with Crippen molar-refractivity contribution in [2.24, 2.45) is 0 Å². The SMILES string of the molecule is CCCCCCCc1ccc(Cc2ccc(N)cc2)cc1C. The van der Waals surface area contributed by atoms with Gasteiger partial charge in [-0.3, -0.25) is 0 Å². The van der Waals surface area contributed by atoms with Crippen LogP contribution in [0.25, 0.3) is 0 Å². The third-order valence-corrected chi connectivity index (χ3v) is 4.34. The quantitative estimate of drug-likeness (QED) is 0.492. The molecular weight excluding hydrogens is 266 g/mol. The molecule has 0 aliphatic heterocycles. The van der Waals surface area contributed by atoms with Crippen LogP contribution in [0.1, 0.15) is 61.3 Å². The van der Waals surface area contributed by atoms with E-state index < -0.39 is 0 Å². The molecule has 0 fully saturated rings. The molecule has 2 aromatic carbocycles. The molecule has 2 aromatic rings. The topological polar surface area (TPSA) is 26.0 Å². The smallest absolute Gasteiger partial charge is 0.0314 e. The molecule has 0 aliphatic rings. The molecule has 0 saturated carbocycles. The minimum atomic E-state index is 0.832. The Kier molecular flexibility index (Phi) is 6.51. The maximum atomic E-state index is 5.74. The summed E-state index contributed by atoms with van der Waals surface area (Å²) in [5.41, 5.74) is 12.2. The van der Waals surface area contributed by atoms with E-state index in [0.717, 1.165) is 12.1 Å². The van der Waals surface area contributed by atoms with E-state index in [0.29, 0.717) is 0 Å². The van der Waals surface area contributed by atoms with Crippen LogP contribution in [0.4, 0.5) is 5.69 Å². The lowest BCUT2D eigenvalue weighted by Gasteiger charge is -2.09. The lowest BCUT2D eigenvalue weighted by molar-refractivity contribution is 0.631. The van der Waals surface area contributed by atoms with Crippen LogP contribution in [0, 0.1) is 6.92 Å². The van der Waals surface area contributed by atoms with Gasteiger partial charge in [0.1, 0.15) is 0 Å². The fourth-order valence-corrected chi connectivity index (χ4v) is 2.94. The summed E-state index contributed by atoms with van der Waals surface area (Å²) in [4.78, 5) is 0. The molecule has 118 valence electrons. The third-order valence-electron chi connectivity index (χ3n) is 4.34. The van der Waals surface area contributed by atoms with Gasteiger partial charge in [-0.15, -0.1) is 0 Å². The Bertz CT molecular complexity index is 569. The second-order valence-corrected chi connectivity index (χ2v) is 6.34. The van der Waals surface area contributed by atoms with Gasteiger partial charge in [-0.05, 0) is 60.6 Å². The van der Waals surface area contributed by atoms with E-state index in [9.17, 15) is 0 Å². The molecule has 0 bridgehead atoms. The Morgan fingerprint density at radius 3 is 2.18 bits per heavy atom. The number of hydrogen-bond acceptors (Lipinski definition) is 1. The number of aryl methyl sites for hydroxylation is 2. The van der Waals surface area contributed by atoms with Crippen molar-refractivity contribution in [2.45, 2.75) is 58.8 Å². The van der Waals surface area contributed by atoms with Gasteiger partial charge in [0.15, 0.2) is 0 Å². The number of unbranched alkanes of at least 4 members (excludes halogenated alkanes) is 4. The predicted molar refractivity (Wildman–Crippen MR) is 97.3 cm³/mol. The zero-order valence-corrected chi connectivity index (χ0v) is 14.1. The van der Waals surface area contributed by atoms with Gasteiger partial charge in [0.05, 0.1) is 0 Å². The van der Waals surface area contributed by atoms with Crippen molar-refractivity contribution in [1.29, 1.82) is 0 Å². The Labute approximate surface area is 135 Å². The fraction of sp³-hybridized carbons (Fsp3) is 0.429. The van der Waals surface area contributed by atoms with E-state index in [1.54, 1.807) is 0 Å². The average molecular weight is 295 g/mol. The summed E-state index contributed by atoms with van der Waals surface area (Å²) in [5, 5.41) is 0. The highest BCUT2D eigenvalue weighted by molar-refractivity contribution is 5.41. The Balaban J connectivity index is 1.90. The van der Waals surface area contributed by atoms with Crippen LogP contribution in [0.3, 0.4) is 0 Å². The number of rotatable bonds is 8. The predicted octanol–water partition coefficient (Wildman–Crippen LogP) is 5.68. The van der Waals surface area contributed by atoms with Gasteiger partial charge in [-0.25, -0.2) is 0 Å². The lowest BCUT2D eigenvalue weighted by Crippen LogP contribution is -1.95. The zero-order valence-electron chi connectivity index (χ0n) is 14.1. The number of benzene rings is 2. The van der Waals surface area contributed by atoms with Gasteiger partial charge < -0.3 is 5.73 Å². The highest BCUT2D eigenvalue weighted by Gasteiger charge is 2.02. The highest BCUT2D eigenvalue weighted by Crippen LogP contribution is 2.18. The molecular formula is C21H29N. The van der Waals surface area contributed by atoms with Crippen molar-refractivity contribution in [1.82, 2.24) is 0 Å². The van der Waals surface area contributed by atoms with E-state index in [4.69, 9.17) is 5.73 Å². The average Bonchev–Trinajstić information content (AvgIpc) is 2.51. The van der Waals surface area contributed by atoms with Gasteiger partial charge in [0.2, 0.25) is 0 Å². The summed E-state index contributed by atoms with van der Waals surface area (Å²) >= 11 is 0. The van der Waals surface area contributed by atoms with Gasteiger partial charge in [0, 0.05) is 5.69 Å². The van der Waals surface area contributed by atoms with Crippen molar-refractivity contribution in [2.75, 3.05) is 5.73 Å². The van der Waals surface area contributed by atoms with Crippen LogP contribution < -0.4 is 5.73 Å². The first-order valence-electron chi connectivity index (χ1n) is 8.62. The summed E-state index contributed by atoms with van der Waals surface area (Å²) in [6.07, 6.45) is 8.96. The van der Waals surface area contributed by atoms with Crippen LogP contribution in [0.5, 0.6) is 0 Å². The lowest BCUT2D eigenvalue weighted by atomic mass is 9.96. The maximum absolute atomic E-state index is 5.74. The van der Waals surface area contributed by atoms with Gasteiger partial charge in [0.25, 0.3) is 0 Å². The first-order valence-corrected chi connectivity index (χ1v) is 8.62. The van der Waals surface area contributed by atoms with E-state index >= 15 is 0 Å². The normalized spacial score (nSPS) is 10.8. The maximum Gasteiger partial charge on any atom is 0.0314 e. The summed E-state index contributed by atoms with van der Waals surface area (Å²) in [6.45, 7) is 4.51. The molecule has 0 radical (unpaired) electrons. The van der Waals surface area contributed by atoms with Crippen molar-refractivity contribution < 1.29 is 0 Å². The molecule has 22 heavy (non-hydrogen) atoms. The second-order valence-electron chi connectivity index (χ2n) is 6.34. The number of nitrogen functional groups attached to an aromatic ring is 1. The number of nitrogens with two attached hydrogens (primary N) is 1. The molecule has 0 aliphatic carbocycles. The van der Waals surface area contributed by atoms with Crippen LogP contribution in [0.2, 0.25) is 0 Å². The highest BCUT2D eigenvalue weighted by atomic mass is 14.5. The molecule has 0 spiro atoms. The molecule has 2 rings (SSSR count). The van der Waals surface area contributed by atoms with Crippen molar-refractivity contribution in [3.8, 4) is 0 Å². The Morgan fingerprint density at radius 1 is 0.818 bits per heavy atom. The van der Waals surface area contributed by atoms with Crippen LogP contribution in [-0.2, 0) is 12.8 Å². The minimum absolute atomic E-state index is 0.832. The van der Waals surface area contributed by atoms with Gasteiger partial charge >= 0.3 is 0 Å². The molecule has 0 amide bonds. The molecule has 1 nitrogen and oxygen atoms in total. The van der Waals surface area contributed by atoms with Crippen LogP contribution in [-0.4, -0.2) is 0 Å². The van der Waals surface area contributed by atoms with Gasteiger partial charge in [-0.2, -0.15) is 0 Å². The molecule has 0 aromatic heterocycles. The summed E-state index contributed by atoms with van der Waals surface area (Å²) in [6, 6.07) is 15.1. The monoisotopic (exact) mass is 295 g/mol. The summed E-state index contributed by atoms with van der Waals surface area (Å²) < 4.78 is 0. The third kappa shape index (κ3) is 5.22. The minimum Gasteiger partial charge on any atom is -0.399 e. The largest absolute Gasteiger partial charge is 0.399 e. The first-order chi connectivity index (χ1) is 10.7. The van der Waals surface area contributed by atoms with Crippen LogP contribution in [0.15, 0.2) is 42.5 Å². The molecule has 0 heterocycles. The zero-order chi connectivity index (χ0) is 15.8. The number of hydrogen-bond donors (Lipinski definition) is 1. The fourth-order valence-electron chi connectivity index (χ4n) is 2.94. The van der Waals surface area contributed by atoms with Crippen molar-refractivity contribution >= 4 is 5.69 Å². The van der Waals surface area contributed by atoms with Crippen molar-refractivity contribution in [3.05, 3.63) is 64.7 Å². The van der Waals surface area contributed by atoms with Crippen LogP contribution >= 0.6 is 0 Å². The number of anilines is 1. The van der Waals surface area contributed by atoms with E-state index in [-0.39, 0.29) is 0 Å². The van der Waals surface area contributed by atoms with E-state index in [1.807, 2.05) is 12.1 Å². The molecule has 2 N–H and O–H groups in total. The Morgan fingerprint density at radius 2 is 1.50 bits per heavy atom. The summed E-state index contributed by atoms with van der Waals surface area (Å²) in [7, 11) is 0. The summed E-state index contributed by atoms with van der Waals surface area (Å²) in [5.74, 6) is 0. The molecule has 0 unspecified atom stereocenters. The molecule has 1 heteroatoms. The molecule has 0 saturated heterocycles. The standard InChI is InChI=1S/C21H29N/c1-3-4-5-6-7-8-20-12-9-19(15-17(20)2)16-18-10-13-21(22)14-11-18/h9-15H,3-8,16,22H2,1-2H3. The van der Waals surface area contributed by atoms with E-state index in [2.05, 4.69) is 44.2 Å². The van der Waals surface area contributed by atoms with Gasteiger partial charge in [-0.1, -0.05) is 62.9 Å². The van der Waals surface area contributed by atoms with Crippen molar-refractivity contribution in [3.63, 3.8) is 0 Å². The first kappa shape index (κ1) is 16.6. The second kappa shape index (κ2) is 8.63.